The number of nitrogens with zero attached hydrogens (tertiary/aromatic N) is 2. The Bertz CT molecular complexity index is 431. The third-order valence-corrected chi connectivity index (χ3v) is 3.54. The number of amidine groups is 1. The van der Waals surface area contributed by atoms with Crippen molar-refractivity contribution in [1.29, 1.82) is 0 Å². The van der Waals surface area contributed by atoms with Gasteiger partial charge in [0, 0.05) is 18.7 Å². The van der Waals surface area contributed by atoms with Gasteiger partial charge in [-0.2, -0.15) is 0 Å². The van der Waals surface area contributed by atoms with Crippen LogP contribution < -0.4 is 5.73 Å². The molecule has 3 N–H and O–H groups in total. The van der Waals surface area contributed by atoms with Gasteiger partial charge >= 0.3 is 0 Å². The monoisotopic (exact) mass is 247 g/mol. The lowest BCUT2D eigenvalue weighted by Gasteiger charge is -2.31. The molecule has 1 unspecified atom stereocenters. The highest BCUT2D eigenvalue weighted by atomic mass is 16.4. The first kappa shape index (κ1) is 12.9. The third kappa shape index (κ3) is 3.01. The molecule has 2 rings (SSSR count). The van der Waals surface area contributed by atoms with Gasteiger partial charge in [-0.3, -0.25) is 4.90 Å². The summed E-state index contributed by atoms with van der Waals surface area (Å²) < 4.78 is 0. The lowest BCUT2D eigenvalue weighted by Crippen LogP contribution is -2.34. The second-order valence-electron chi connectivity index (χ2n) is 5.12. The molecule has 4 heteroatoms. The van der Waals surface area contributed by atoms with Crippen molar-refractivity contribution in [2.75, 3.05) is 13.1 Å². The summed E-state index contributed by atoms with van der Waals surface area (Å²) in [6.45, 7) is 5.43. The van der Waals surface area contributed by atoms with Crippen LogP contribution >= 0.6 is 0 Å². The summed E-state index contributed by atoms with van der Waals surface area (Å²) in [6, 6.07) is 7.86. The Kier molecular flexibility index (Phi) is 4.20. The largest absolute Gasteiger partial charge is 0.409 e. The molecular weight excluding hydrogens is 226 g/mol. The minimum atomic E-state index is 0.190. The quantitative estimate of drug-likeness (QED) is 0.372. The molecule has 0 radical (unpaired) electrons. The molecule has 1 heterocycles. The molecule has 1 saturated heterocycles. The van der Waals surface area contributed by atoms with Gasteiger partial charge in [0.2, 0.25) is 0 Å². The molecule has 0 aromatic heterocycles. The van der Waals surface area contributed by atoms with Crippen molar-refractivity contribution >= 4 is 5.84 Å². The molecule has 1 fully saturated rings. The molecule has 1 aliphatic heterocycles. The van der Waals surface area contributed by atoms with Gasteiger partial charge in [-0.05, 0) is 30.9 Å². The molecule has 98 valence electrons. The maximum Gasteiger partial charge on any atom is 0.170 e. The van der Waals surface area contributed by atoms with E-state index in [1.165, 1.54) is 12.8 Å². The second-order valence-corrected chi connectivity index (χ2v) is 5.12. The van der Waals surface area contributed by atoms with Crippen LogP contribution in [0.25, 0.3) is 0 Å². The predicted molar refractivity (Wildman–Crippen MR) is 72.6 cm³/mol. The maximum atomic E-state index is 8.81. The molecule has 0 saturated carbocycles. The van der Waals surface area contributed by atoms with Crippen LogP contribution in [0.2, 0.25) is 0 Å². The lowest BCUT2D eigenvalue weighted by atomic mass is 9.99. The Labute approximate surface area is 108 Å². The predicted octanol–water partition coefficient (Wildman–Crippen LogP) is 2.01. The Hall–Kier alpha value is -1.55. The highest BCUT2D eigenvalue weighted by Gasteiger charge is 2.17. The fourth-order valence-corrected chi connectivity index (χ4v) is 2.63. The zero-order chi connectivity index (χ0) is 13.0. The summed E-state index contributed by atoms with van der Waals surface area (Å²) in [5.41, 5.74) is 7.67. The molecule has 1 aromatic rings. The van der Waals surface area contributed by atoms with Crippen molar-refractivity contribution in [3.8, 4) is 0 Å². The Morgan fingerprint density at radius 3 is 3.00 bits per heavy atom. The van der Waals surface area contributed by atoms with E-state index in [-0.39, 0.29) is 5.84 Å². The molecular formula is C14H21N3O. The van der Waals surface area contributed by atoms with Crippen molar-refractivity contribution < 1.29 is 5.21 Å². The fourth-order valence-electron chi connectivity index (χ4n) is 2.63. The first-order valence-corrected chi connectivity index (χ1v) is 6.49. The van der Waals surface area contributed by atoms with E-state index >= 15 is 0 Å². The SMILES string of the molecule is CC1CCCN(Cc2ccccc2/C(N)=N/O)C1. The molecule has 1 aromatic carbocycles. The molecule has 0 aliphatic carbocycles. The zero-order valence-electron chi connectivity index (χ0n) is 10.8. The van der Waals surface area contributed by atoms with Crippen LogP contribution in [-0.4, -0.2) is 29.0 Å². The smallest absolute Gasteiger partial charge is 0.170 e. The Balaban J connectivity index is 2.13. The van der Waals surface area contributed by atoms with E-state index in [4.69, 9.17) is 10.9 Å². The topological polar surface area (TPSA) is 61.8 Å². The van der Waals surface area contributed by atoms with E-state index in [2.05, 4.69) is 17.0 Å². The van der Waals surface area contributed by atoms with Crippen LogP contribution in [0.5, 0.6) is 0 Å². The second kappa shape index (κ2) is 5.87. The molecule has 1 atom stereocenters. The average Bonchev–Trinajstić information content (AvgIpc) is 2.38. The van der Waals surface area contributed by atoms with Crippen LogP contribution in [0.4, 0.5) is 0 Å². The van der Waals surface area contributed by atoms with Crippen molar-refractivity contribution in [3.05, 3.63) is 35.4 Å². The normalized spacial score (nSPS) is 22.1. The summed E-state index contributed by atoms with van der Waals surface area (Å²) in [5.74, 6) is 0.949. The number of piperidine rings is 1. The summed E-state index contributed by atoms with van der Waals surface area (Å²) in [6.07, 6.45) is 2.57. The van der Waals surface area contributed by atoms with Gasteiger partial charge in [0.15, 0.2) is 5.84 Å². The van der Waals surface area contributed by atoms with E-state index in [0.29, 0.717) is 0 Å². The van der Waals surface area contributed by atoms with Crippen LogP contribution in [-0.2, 0) is 6.54 Å². The molecule has 18 heavy (non-hydrogen) atoms. The number of hydrogen-bond acceptors (Lipinski definition) is 3. The van der Waals surface area contributed by atoms with Gasteiger partial charge in [-0.25, -0.2) is 0 Å². The van der Waals surface area contributed by atoms with Crippen LogP contribution in [0, 0.1) is 5.92 Å². The number of rotatable bonds is 3. The van der Waals surface area contributed by atoms with Crippen molar-refractivity contribution in [1.82, 2.24) is 4.90 Å². The van der Waals surface area contributed by atoms with Gasteiger partial charge in [-0.1, -0.05) is 36.3 Å². The van der Waals surface area contributed by atoms with Gasteiger partial charge < -0.3 is 10.9 Å². The molecule has 0 spiro atoms. The highest BCUT2D eigenvalue weighted by Crippen LogP contribution is 2.19. The van der Waals surface area contributed by atoms with Crippen molar-refractivity contribution in [2.24, 2.45) is 16.8 Å². The number of hydrogen-bond donors (Lipinski definition) is 2. The number of benzene rings is 1. The summed E-state index contributed by atoms with van der Waals surface area (Å²) >= 11 is 0. The number of likely N-dealkylation sites (tertiary alicyclic amines) is 1. The van der Waals surface area contributed by atoms with Crippen molar-refractivity contribution in [3.63, 3.8) is 0 Å². The zero-order valence-corrected chi connectivity index (χ0v) is 10.8. The van der Waals surface area contributed by atoms with E-state index < -0.39 is 0 Å². The maximum absolute atomic E-state index is 8.81. The van der Waals surface area contributed by atoms with Crippen LogP contribution in [0.3, 0.4) is 0 Å². The van der Waals surface area contributed by atoms with E-state index in [1.54, 1.807) is 0 Å². The van der Waals surface area contributed by atoms with Crippen molar-refractivity contribution in [2.45, 2.75) is 26.3 Å². The molecule has 0 amide bonds. The van der Waals surface area contributed by atoms with Gasteiger partial charge in [0.25, 0.3) is 0 Å². The molecule has 1 aliphatic rings. The molecule has 0 bridgehead atoms. The summed E-state index contributed by atoms with van der Waals surface area (Å²) in [4.78, 5) is 2.44. The van der Waals surface area contributed by atoms with Gasteiger partial charge in [-0.15, -0.1) is 0 Å². The highest BCUT2D eigenvalue weighted by molar-refractivity contribution is 5.98. The van der Waals surface area contributed by atoms with E-state index in [1.807, 2.05) is 24.3 Å². The van der Waals surface area contributed by atoms with Crippen LogP contribution in [0.1, 0.15) is 30.9 Å². The van der Waals surface area contributed by atoms with Gasteiger partial charge in [0.05, 0.1) is 0 Å². The third-order valence-electron chi connectivity index (χ3n) is 3.54. The van der Waals surface area contributed by atoms with Gasteiger partial charge in [0.1, 0.15) is 0 Å². The average molecular weight is 247 g/mol. The molecule has 4 nitrogen and oxygen atoms in total. The number of oxime groups is 1. The lowest BCUT2D eigenvalue weighted by molar-refractivity contribution is 0.176. The fraction of sp³-hybridized carbons (Fsp3) is 0.500. The first-order chi connectivity index (χ1) is 8.70. The van der Waals surface area contributed by atoms with E-state index in [9.17, 15) is 0 Å². The summed E-state index contributed by atoms with van der Waals surface area (Å²) in [7, 11) is 0. The Morgan fingerprint density at radius 2 is 2.28 bits per heavy atom. The first-order valence-electron chi connectivity index (χ1n) is 6.49. The minimum Gasteiger partial charge on any atom is -0.409 e. The van der Waals surface area contributed by atoms with Crippen LogP contribution in [0.15, 0.2) is 29.4 Å². The number of nitrogens with two attached hydrogens (primary N) is 1. The Morgan fingerprint density at radius 1 is 1.50 bits per heavy atom. The van der Waals surface area contributed by atoms with E-state index in [0.717, 1.165) is 36.7 Å². The standard InChI is InChI=1S/C14H21N3O/c1-11-5-4-8-17(9-11)10-12-6-2-3-7-13(12)14(15)16-18/h2-3,6-7,11,18H,4-5,8-10H2,1H3,(H2,15,16). The summed E-state index contributed by atoms with van der Waals surface area (Å²) in [5, 5.41) is 11.9. The minimum absolute atomic E-state index is 0.190.